The van der Waals surface area contributed by atoms with E-state index in [9.17, 15) is 4.79 Å². The van der Waals surface area contributed by atoms with E-state index in [1.54, 1.807) is 0 Å². The molecule has 1 aliphatic carbocycles. The molecular weight excluding hydrogens is 294 g/mol. The molecule has 1 aliphatic heterocycles. The van der Waals surface area contributed by atoms with Crippen LogP contribution in [0.15, 0.2) is 24.3 Å². The Kier molecular flexibility index (Phi) is 4.62. The largest absolute Gasteiger partial charge is 0.360 e. The molecule has 118 valence electrons. The highest BCUT2D eigenvalue weighted by atomic mass is 32.1. The predicted octanol–water partition coefficient (Wildman–Crippen LogP) is 3.15. The Morgan fingerprint density at radius 1 is 1.18 bits per heavy atom. The number of carbonyl (C=O) groups excluding carboxylic acids is 1. The Hall–Kier alpha value is -1.62. The molecule has 1 saturated carbocycles. The first kappa shape index (κ1) is 15.3. The summed E-state index contributed by atoms with van der Waals surface area (Å²) in [5.74, 6) is 0.137. The molecule has 1 aromatic rings. The van der Waals surface area contributed by atoms with Crippen LogP contribution in [0.25, 0.3) is 0 Å². The lowest BCUT2D eigenvalue weighted by molar-refractivity contribution is 0.0635. The zero-order valence-electron chi connectivity index (χ0n) is 13.0. The summed E-state index contributed by atoms with van der Waals surface area (Å²) in [6.45, 7) is 3.00. The summed E-state index contributed by atoms with van der Waals surface area (Å²) in [4.78, 5) is 14.6. The summed E-state index contributed by atoms with van der Waals surface area (Å²) in [5.41, 5.74) is 1.67. The number of thiocarbonyl (C=S) groups is 1. The molecule has 0 unspecified atom stereocenters. The monoisotopic (exact) mass is 317 g/mol. The van der Waals surface area contributed by atoms with Crippen LogP contribution in [-0.2, 0) is 0 Å². The van der Waals surface area contributed by atoms with Crippen LogP contribution in [0.2, 0.25) is 0 Å². The van der Waals surface area contributed by atoms with Gasteiger partial charge in [-0.1, -0.05) is 0 Å². The molecule has 2 fully saturated rings. The van der Waals surface area contributed by atoms with Crippen molar-refractivity contribution in [2.75, 3.05) is 11.9 Å². The highest BCUT2D eigenvalue weighted by molar-refractivity contribution is 7.80. The van der Waals surface area contributed by atoms with Crippen molar-refractivity contribution in [2.45, 2.75) is 51.1 Å². The number of likely N-dealkylation sites (tertiary alicyclic amines) is 1. The molecule has 0 bridgehead atoms. The molecule has 1 saturated heterocycles. The number of nitrogens with one attached hydrogen (secondary N) is 2. The van der Waals surface area contributed by atoms with E-state index in [4.69, 9.17) is 12.2 Å². The van der Waals surface area contributed by atoms with Crippen molar-refractivity contribution in [1.82, 2.24) is 10.2 Å². The van der Waals surface area contributed by atoms with Crippen LogP contribution in [0, 0.1) is 0 Å². The number of nitrogens with zero attached hydrogens (tertiary/aromatic N) is 1. The van der Waals surface area contributed by atoms with E-state index in [0.29, 0.717) is 17.2 Å². The predicted molar refractivity (Wildman–Crippen MR) is 93.2 cm³/mol. The minimum absolute atomic E-state index is 0.137. The second-order valence-electron chi connectivity index (χ2n) is 6.29. The van der Waals surface area contributed by atoms with Gasteiger partial charge in [0.25, 0.3) is 5.91 Å². The van der Waals surface area contributed by atoms with Crippen LogP contribution in [0.1, 0.15) is 49.4 Å². The Morgan fingerprint density at radius 2 is 1.91 bits per heavy atom. The maximum absolute atomic E-state index is 12.6. The quantitative estimate of drug-likeness (QED) is 0.841. The number of carbonyl (C=O) groups is 1. The molecule has 3 rings (SSSR count). The SMILES string of the molecule is C[C@@H]1CCCCN1C(=O)c1ccc(NC(=S)NC2CC2)cc1. The number of hydrogen-bond acceptors (Lipinski definition) is 2. The third-order valence-corrected chi connectivity index (χ3v) is 4.59. The van der Waals surface area contributed by atoms with Gasteiger partial charge in [-0.15, -0.1) is 0 Å². The van der Waals surface area contributed by atoms with Crippen molar-refractivity contribution in [1.29, 1.82) is 0 Å². The van der Waals surface area contributed by atoms with E-state index in [2.05, 4.69) is 17.6 Å². The van der Waals surface area contributed by atoms with Crippen LogP contribution in [0.3, 0.4) is 0 Å². The lowest BCUT2D eigenvalue weighted by atomic mass is 10.0. The van der Waals surface area contributed by atoms with Gasteiger partial charge in [0.15, 0.2) is 5.11 Å². The zero-order chi connectivity index (χ0) is 15.5. The Morgan fingerprint density at radius 3 is 2.55 bits per heavy atom. The van der Waals surface area contributed by atoms with Gasteiger partial charge >= 0.3 is 0 Å². The molecule has 1 atom stereocenters. The van der Waals surface area contributed by atoms with Crippen molar-refractivity contribution in [3.05, 3.63) is 29.8 Å². The highest BCUT2D eigenvalue weighted by Crippen LogP contribution is 2.21. The van der Waals surface area contributed by atoms with Crippen molar-refractivity contribution in [3.8, 4) is 0 Å². The highest BCUT2D eigenvalue weighted by Gasteiger charge is 2.24. The van der Waals surface area contributed by atoms with Gasteiger partial charge in [0, 0.05) is 29.9 Å². The summed E-state index contributed by atoms with van der Waals surface area (Å²) in [6, 6.07) is 8.49. The van der Waals surface area contributed by atoms with Crippen molar-refractivity contribution in [3.63, 3.8) is 0 Å². The summed E-state index contributed by atoms with van der Waals surface area (Å²) in [5, 5.41) is 7.06. The first-order valence-electron chi connectivity index (χ1n) is 8.12. The number of anilines is 1. The first-order valence-corrected chi connectivity index (χ1v) is 8.53. The van der Waals surface area contributed by atoms with Gasteiger partial charge in [-0.25, -0.2) is 0 Å². The van der Waals surface area contributed by atoms with Gasteiger partial charge in [-0.05, 0) is 75.5 Å². The van der Waals surface area contributed by atoms with Gasteiger partial charge in [0.2, 0.25) is 0 Å². The fraction of sp³-hybridized carbons (Fsp3) is 0.529. The Labute approximate surface area is 137 Å². The fourth-order valence-electron chi connectivity index (χ4n) is 2.84. The number of piperidine rings is 1. The maximum atomic E-state index is 12.6. The van der Waals surface area contributed by atoms with E-state index in [1.165, 1.54) is 19.3 Å². The van der Waals surface area contributed by atoms with Crippen LogP contribution < -0.4 is 10.6 Å². The van der Waals surface area contributed by atoms with Gasteiger partial charge in [0.05, 0.1) is 0 Å². The molecule has 1 heterocycles. The molecule has 0 aromatic heterocycles. The van der Waals surface area contributed by atoms with Crippen LogP contribution in [0.5, 0.6) is 0 Å². The van der Waals surface area contributed by atoms with Gasteiger partial charge < -0.3 is 15.5 Å². The molecule has 22 heavy (non-hydrogen) atoms. The molecule has 2 N–H and O–H groups in total. The summed E-state index contributed by atoms with van der Waals surface area (Å²) >= 11 is 5.26. The van der Waals surface area contributed by atoms with Crippen molar-refractivity contribution in [2.24, 2.45) is 0 Å². The van der Waals surface area contributed by atoms with Crippen molar-refractivity contribution >= 4 is 28.9 Å². The maximum Gasteiger partial charge on any atom is 0.254 e. The molecule has 1 amide bonds. The van der Waals surface area contributed by atoms with Crippen molar-refractivity contribution < 1.29 is 4.79 Å². The molecule has 2 aliphatic rings. The lowest BCUT2D eigenvalue weighted by Crippen LogP contribution is -2.42. The smallest absolute Gasteiger partial charge is 0.254 e. The first-order chi connectivity index (χ1) is 10.6. The summed E-state index contributed by atoms with van der Waals surface area (Å²) < 4.78 is 0. The normalized spacial score (nSPS) is 21.3. The van der Waals surface area contributed by atoms with Crippen LogP contribution in [-0.4, -0.2) is 34.5 Å². The second kappa shape index (κ2) is 6.65. The lowest BCUT2D eigenvalue weighted by Gasteiger charge is -2.33. The Balaban J connectivity index is 1.60. The molecule has 4 nitrogen and oxygen atoms in total. The average molecular weight is 317 g/mol. The fourth-order valence-corrected chi connectivity index (χ4v) is 3.13. The third kappa shape index (κ3) is 3.77. The average Bonchev–Trinajstić information content (AvgIpc) is 3.31. The number of benzene rings is 1. The van der Waals surface area contributed by atoms with E-state index in [1.807, 2.05) is 29.2 Å². The summed E-state index contributed by atoms with van der Waals surface area (Å²) in [7, 11) is 0. The summed E-state index contributed by atoms with van der Waals surface area (Å²) in [6.07, 6.45) is 5.83. The van der Waals surface area contributed by atoms with E-state index < -0.39 is 0 Å². The van der Waals surface area contributed by atoms with Gasteiger partial charge in [-0.2, -0.15) is 0 Å². The van der Waals surface area contributed by atoms with Crippen LogP contribution >= 0.6 is 12.2 Å². The van der Waals surface area contributed by atoms with Gasteiger partial charge in [0.1, 0.15) is 0 Å². The molecule has 5 heteroatoms. The molecule has 1 aromatic carbocycles. The third-order valence-electron chi connectivity index (χ3n) is 4.37. The zero-order valence-corrected chi connectivity index (χ0v) is 13.8. The standard InChI is InChI=1S/C17H23N3OS/c1-12-4-2-3-11-20(12)16(21)13-5-7-14(8-6-13)18-17(22)19-15-9-10-15/h5-8,12,15H,2-4,9-11H2,1H3,(H2,18,19,22)/t12-/m1/s1. The minimum atomic E-state index is 0.137. The topological polar surface area (TPSA) is 44.4 Å². The number of rotatable bonds is 3. The second-order valence-corrected chi connectivity index (χ2v) is 6.70. The molecular formula is C17H23N3OS. The van der Waals surface area contributed by atoms with Crippen LogP contribution in [0.4, 0.5) is 5.69 Å². The Bertz CT molecular complexity index is 554. The molecule has 0 spiro atoms. The van der Waals surface area contributed by atoms with E-state index in [0.717, 1.165) is 30.6 Å². The number of hydrogen-bond donors (Lipinski definition) is 2. The van der Waals surface area contributed by atoms with E-state index in [-0.39, 0.29) is 5.91 Å². The van der Waals surface area contributed by atoms with Gasteiger partial charge in [-0.3, -0.25) is 4.79 Å². The minimum Gasteiger partial charge on any atom is -0.360 e. The number of amides is 1. The molecule has 0 radical (unpaired) electrons. The van der Waals surface area contributed by atoms with E-state index >= 15 is 0 Å².